The van der Waals surface area contributed by atoms with Gasteiger partial charge in [-0.3, -0.25) is 4.99 Å². The van der Waals surface area contributed by atoms with Crippen molar-refractivity contribution in [3.63, 3.8) is 0 Å². The van der Waals surface area contributed by atoms with Crippen molar-refractivity contribution in [1.29, 1.82) is 0 Å². The number of phenols is 1. The monoisotopic (exact) mass is 335 g/mol. The van der Waals surface area contributed by atoms with Gasteiger partial charge in [0.1, 0.15) is 17.2 Å². The molecule has 1 N–H and O–H groups in total. The van der Waals surface area contributed by atoms with Crippen molar-refractivity contribution in [2.75, 3.05) is 14.2 Å². The van der Waals surface area contributed by atoms with Crippen LogP contribution in [0.3, 0.4) is 0 Å². The third kappa shape index (κ3) is 3.30. The average molecular weight is 336 g/mol. The Morgan fingerprint density at radius 1 is 1.10 bits per heavy atom. The molecule has 0 saturated heterocycles. The molecule has 104 valence electrons. The van der Waals surface area contributed by atoms with E-state index in [-0.39, 0.29) is 5.75 Å². The highest BCUT2D eigenvalue weighted by Crippen LogP contribution is 2.32. The van der Waals surface area contributed by atoms with Gasteiger partial charge in [0.25, 0.3) is 0 Å². The second-order valence-electron chi connectivity index (χ2n) is 4.01. The van der Waals surface area contributed by atoms with Crippen LogP contribution in [0.5, 0.6) is 17.2 Å². The van der Waals surface area contributed by atoms with Gasteiger partial charge in [0.2, 0.25) is 0 Å². The number of hydrogen-bond acceptors (Lipinski definition) is 4. The molecule has 0 aliphatic heterocycles. The van der Waals surface area contributed by atoms with Crippen molar-refractivity contribution in [3.8, 4) is 17.2 Å². The molecule has 2 rings (SSSR count). The second-order valence-corrected chi connectivity index (χ2v) is 4.86. The van der Waals surface area contributed by atoms with Crippen LogP contribution in [0.2, 0.25) is 0 Å². The van der Waals surface area contributed by atoms with Crippen LogP contribution in [0, 0.1) is 0 Å². The summed E-state index contributed by atoms with van der Waals surface area (Å²) in [5.41, 5.74) is 1.47. The summed E-state index contributed by atoms with van der Waals surface area (Å²) in [6.45, 7) is 0. The standard InChI is InChI=1S/C15H14BrNO3/c1-19-14-8-15(20-2)13(16)6-10(14)9-17-11-4-3-5-12(18)7-11/h3-9,18H,1-2H3. The van der Waals surface area contributed by atoms with Gasteiger partial charge in [-0.05, 0) is 34.1 Å². The number of nitrogens with zero attached hydrogens (tertiary/aromatic N) is 1. The van der Waals surface area contributed by atoms with Crippen LogP contribution in [0.25, 0.3) is 0 Å². The van der Waals surface area contributed by atoms with E-state index < -0.39 is 0 Å². The summed E-state index contributed by atoms with van der Waals surface area (Å²) >= 11 is 3.43. The van der Waals surface area contributed by atoms with Gasteiger partial charge in [0, 0.05) is 23.9 Å². The maximum Gasteiger partial charge on any atom is 0.136 e. The van der Waals surface area contributed by atoms with Crippen molar-refractivity contribution in [2.24, 2.45) is 4.99 Å². The molecule has 0 aliphatic carbocycles. The predicted molar refractivity (Wildman–Crippen MR) is 82.6 cm³/mol. The fourth-order valence-corrected chi connectivity index (χ4v) is 2.22. The Kier molecular flexibility index (Phi) is 4.63. The van der Waals surface area contributed by atoms with Gasteiger partial charge in [0.15, 0.2) is 0 Å². The predicted octanol–water partition coefficient (Wildman–Crippen LogP) is 3.92. The van der Waals surface area contributed by atoms with E-state index in [1.54, 1.807) is 50.8 Å². The molecule has 5 heteroatoms. The number of ether oxygens (including phenoxy) is 2. The smallest absolute Gasteiger partial charge is 0.136 e. The van der Waals surface area contributed by atoms with Crippen LogP contribution in [0.15, 0.2) is 45.9 Å². The molecule has 0 atom stereocenters. The van der Waals surface area contributed by atoms with E-state index >= 15 is 0 Å². The summed E-state index contributed by atoms with van der Waals surface area (Å²) in [7, 11) is 3.19. The fourth-order valence-electron chi connectivity index (χ4n) is 1.70. The van der Waals surface area contributed by atoms with E-state index in [9.17, 15) is 5.11 Å². The SMILES string of the molecule is COc1cc(OC)c(C=Nc2cccc(O)c2)cc1Br. The molecule has 0 amide bonds. The van der Waals surface area contributed by atoms with E-state index in [0.29, 0.717) is 17.2 Å². The lowest BCUT2D eigenvalue weighted by molar-refractivity contribution is 0.392. The Labute approximate surface area is 125 Å². The second kappa shape index (κ2) is 6.43. The fraction of sp³-hybridized carbons (Fsp3) is 0.133. The molecule has 2 aromatic rings. The molecule has 20 heavy (non-hydrogen) atoms. The highest BCUT2D eigenvalue weighted by atomic mass is 79.9. The van der Waals surface area contributed by atoms with Crippen LogP contribution in [-0.2, 0) is 0 Å². The van der Waals surface area contributed by atoms with Crippen molar-refractivity contribution in [3.05, 3.63) is 46.4 Å². The molecule has 0 unspecified atom stereocenters. The molecule has 0 heterocycles. The topological polar surface area (TPSA) is 51.0 Å². The maximum absolute atomic E-state index is 9.40. The van der Waals surface area contributed by atoms with Gasteiger partial charge in [-0.2, -0.15) is 0 Å². The minimum atomic E-state index is 0.183. The van der Waals surface area contributed by atoms with E-state index in [2.05, 4.69) is 20.9 Å². The summed E-state index contributed by atoms with van der Waals surface area (Å²) < 4.78 is 11.3. The Hall–Kier alpha value is -2.01. The van der Waals surface area contributed by atoms with Crippen molar-refractivity contribution < 1.29 is 14.6 Å². The molecule has 2 aromatic carbocycles. The summed E-state index contributed by atoms with van der Waals surface area (Å²) in [5.74, 6) is 1.54. The lowest BCUT2D eigenvalue weighted by Gasteiger charge is -2.09. The van der Waals surface area contributed by atoms with E-state index in [0.717, 1.165) is 10.0 Å². The third-order valence-corrected chi connectivity index (χ3v) is 3.31. The zero-order valence-electron chi connectivity index (χ0n) is 11.1. The summed E-state index contributed by atoms with van der Waals surface area (Å²) in [5, 5.41) is 9.40. The molecule has 0 saturated carbocycles. The Morgan fingerprint density at radius 2 is 1.85 bits per heavy atom. The molecule has 0 aromatic heterocycles. The number of halogens is 1. The Morgan fingerprint density at radius 3 is 2.50 bits per heavy atom. The third-order valence-electron chi connectivity index (χ3n) is 2.69. The Bertz CT molecular complexity index is 641. The molecule has 0 aliphatic rings. The summed E-state index contributed by atoms with van der Waals surface area (Å²) in [6, 6.07) is 10.4. The average Bonchev–Trinajstić information content (AvgIpc) is 2.45. The number of phenolic OH excluding ortho intramolecular Hbond substituents is 1. The normalized spacial score (nSPS) is 10.8. The van der Waals surface area contributed by atoms with Crippen molar-refractivity contribution in [2.45, 2.75) is 0 Å². The van der Waals surface area contributed by atoms with Crippen LogP contribution in [0.4, 0.5) is 5.69 Å². The molecule has 0 fully saturated rings. The minimum Gasteiger partial charge on any atom is -0.508 e. The van der Waals surface area contributed by atoms with Crippen molar-refractivity contribution >= 4 is 27.8 Å². The van der Waals surface area contributed by atoms with E-state index in [1.807, 2.05) is 6.07 Å². The first kappa shape index (κ1) is 14.4. The highest BCUT2D eigenvalue weighted by molar-refractivity contribution is 9.10. The zero-order chi connectivity index (χ0) is 14.5. The number of methoxy groups -OCH3 is 2. The molecule has 0 radical (unpaired) electrons. The number of benzene rings is 2. The first-order chi connectivity index (χ1) is 9.63. The number of rotatable bonds is 4. The van der Waals surface area contributed by atoms with Gasteiger partial charge < -0.3 is 14.6 Å². The van der Waals surface area contributed by atoms with Gasteiger partial charge in [-0.1, -0.05) is 6.07 Å². The number of hydrogen-bond donors (Lipinski definition) is 1. The number of aliphatic imine (C=N–C) groups is 1. The molecule has 4 nitrogen and oxygen atoms in total. The van der Waals surface area contributed by atoms with E-state index in [1.165, 1.54) is 0 Å². The van der Waals surface area contributed by atoms with E-state index in [4.69, 9.17) is 9.47 Å². The van der Waals surface area contributed by atoms with Gasteiger partial charge in [0.05, 0.1) is 24.4 Å². The molecular weight excluding hydrogens is 322 g/mol. The first-order valence-electron chi connectivity index (χ1n) is 5.88. The molecular formula is C15H14BrNO3. The number of aromatic hydroxyl groups is 1. The quantitative estimate of drug-likeness (QED) is 0.861. The maximum atomic E-state index is 9.40. The minimum absolute atomic E-state index is 0.183. The zero-order valence-corrected chi connectivity index (χ0v) is 12.7. The van der Waals surface area contributed by atoms with Crippen LogP contribution >= 0.6 is 15.9 Å². The first-order valence-corrected chi connectivity index (χ1v) is 6.68. The Balaban J connectivity index is 2.35. The highest BCUT2D eigenvalue weighted by Gasteiger charge is 2.07. The van der Waals surface area contributed by atoms with Crippen LogP contribution in [0.1, 0.15) is 5.56 Å². The van der Waals surface area contributed by atoms with Crippen molar-refractivity contribution in [1.82, 2.24) is 0 Å². The largest absolute Gasteiger partial charge is 0.508 e. The molecule has 0 bridgehead atoms. The van der Waals surface area contributed by atoms with Crippen LogP contribution < -0.4 is 9.47 Å². The molecule has 0 spiro atoms. The van der Waals surface area contributed by atoms with Gasteiger partial charge in [-0.15, -0.1) is 0 Å². The summed E-state index contributed by atoms with van der Waals surface area (Å²) in [6.07, 6.45) is 1.68. The van der Waals surface area contributed by atoms with Gasteiger partial charge >= 0.3 is 0 Å². The summed E-state index contributed by atoms with van der Waals surface area (Å²) in [4.78, 5) is 4.32. The van der Waals surface area contributed by atoms with Gasteiger partial charge in [-0.25, -0.2) is 0 Å². The van der Waals surface area contributed by atoms with Crippen LogP contribution in [-0.4, -0.2) is 25.5 Å². The lowest BCUT2D eigenvalue weighted by Crippen LogP contribution is -1.93. The lowest BCUT2D eigenvalue weighted by atomic mass is 10.2.